The van der Waals surface area contributed by atoms with Crippen molar-refractivity contribution in [1.29, 1.82) is 0 Å². The second-order valence-electron chi connectivity index (χ2n) is 3.82. The number of rotatable bonds is 2. The number of amides is 1. The molecule has 0 radical (unpaired) electrons. The van der Waals surface area contributed by atoms with E-state index in [0.717, 1.165) is 29.5 Å². The molecule has 0 saturated heterocycles. The van der Waals surface area contributed by atoms with E-state index in [1.165, 1.54) is 5.56 Å². The molecule has 2 rings (SSSR count). The van der Waals surface area contributed by atoms with Gasteiger partial charge in [0.15, 0.2) is 0 Å². The highest BCUT2D eigenvalue weighted by molar-refractivity contribution is 9.10. The van der Waals surface area contributed by atoms with E-state index in [1.54, 1.807) is 0 Å². The largest absolute Gasteiger partial charge is 0.312 e. The maximum absolute atomic E-state index is 11.8. The number of benzene rings is 1. The molecule has 0 unspecified atom stereocenters. The zero-order valence-corrected chi connectivity index (χ0v) is 10.4. The van der Waals surface area contributed by atoms with Crippen LogP contribution in [-0.2, 0) is 11.2 Å². The molecule has 1 aromatic carbocycles. The molecular formula is C12H14BrNO. The van der Waals surface area contributed by atoms with Gasteiger partial charge in [-0.05, 0) is 36.6 Å². The van der Waals surface area contributed by atoms with Gasteiger partial charge in [0, 0.05) is 23.1 Å². The van der Waals surface area contributed by atoms with Crippen molar-refractivity contribution in [1.82, 2.24) is 0 Å². The van der Waals surface area contributed by atoms with Gasteiger partial charge < -0.3 is 4.90 Å². The fourth-order valence-corrected chi connectivity index (χ4v) is 2.39. The molecule has 15 heavy (non-hydrogen) atoms. The summed E-state index contributed by atoms with van der Waals surface area (Å²) < 4.78 is 1.09. The molecule has 1 amide bonds. The Hall–Kier alpha value is -0.830. The van der Waals surface area contributed by atoms with Crippen molar-refractivity contribution in [2.75, 3.05) is 11.4 Å². The zero-order chi connectivity index (χ0) is 10.8. The van der Waals surface area contributed by atoms with Crippen LogP contribution in [0.25, 0.3) is 0 Å². The predicted octanol–water partition coefficient (Wildman–Crippen LogP) is 3.14. The molecule has 80 valence electrons. The Bertz CT molecular complexity index is 389. The van der Waals surface area contributed by atoms with Crippen LogP contribution in [0, 0.1) is 0 Å². The summed E-state index contributed by atoms with van der Waals surface area (Å²) in [4.78, 5) is 13.7. The predicted molar refractivity (Wildman–Crippen MR) is 65.1 cm³/mol. The van der Waals surface area contributed by atoms with Crippen molar-refractivity contribution in [3.8, 4) is 0 Å². The summed E-state index contributed by atoms with van der Waals surface area (Å²) in [6.07, 6.45) is 2.54. The first-order valence-electron chi connectivity index (χ1n) is 5.31. The third kappa shape index (κ3) is 2.07. The molecular weight excluding hydrogens is 254 g/mol. The molecule has 0 N–H and O–H groups in total. The molecule has 0 aromatic heterocycles. The molecule has 1 aliphatic heterocycles. The number of nitrogens with zero attached hydrogens (tertiary/aromatic N) is 1. The summed E-state index contributed by atoms with van der Waals surface area (Å²) in [7, 11) is 0. The highest BCUT2D eigenvalue weighted by atomic mass is 79.9. The van der Waals surface area contributed by atoms with Crippen LogP contribution < -0.4 is 4.90 Å². The van der Waals surface area contributed by atoms with Gasteiger partial charge in [-0.15, -0.1) is 0 Å². The summed E-state index contributed by atoms with van der Waals surface area (Å²) in [6.45, 7) is 2.88. The topological polar surface area (TPSA) is 20.3 Å². The van der Waals surface area contributed by atoms with Crippen LogP contribution in [0.1, 0.15) is 25.3 Å². The molecule has 1 aromatic rings. The highest BCUT2D eigenvalue weighted by Crippen LogP contribution is 2.30. The minimum absolute atomic E-state index is 0.249. The van der Waals surface area contributed by atoms with Crippen LogP contribution in [0.15, 0.2) is 22.7 Å². The van der Waals surface area contributed by atoms with E-state index in [0.29, 0.717) is 6.42 Å². The lowest BCUT2D eigenvalue weighted by Crippen LogP contribution is -2.28. The van der Waals surface area contributed by atoms with Gasteiger partial charge in [0.2, 0.25) is 5.91 Å². The van der Waals surface area contributed by atoms with Crippen molar-refractivity contribution in [2.45, 2.75) is 26.2 Å². The number of carbonyl (C=O) groups excluding carboxylic acids is 1. The SMILES string of the molecule is CCCC(=O)N1CCc2cc(Br)ccc21. The average Bonchev–Trinajstić information content (AvgIpc) is 2.60. The van der Waals surface area contributed by atoms with Gasteiger partial charge in [-0.3, -0.25) is 4.79 Å². The normalized spacial score (nSPS) is 14.1. The van der Waals surface area contributed by atoms with Crippen molar-refractivity contribution in [3.05, 3.63) is 28.2 Å². The lowest BCUT2D eigenvalue weighted by Gasteiger charge is -2.16. The molecule has 2 nitrogen and oxygen atoms in total. The standard InChI is InChI=1S/C12H14BrNO/c1-2-3-12(15)14-7-6-9-8-10(13)4-5-11(9)14/h4-5,8H,2-3,6-7H2,1H3. The minimum atomic E-state index is 0.249. The fraction of sp³-hybridized carbons (Fsp3) is 0.417. The van der Waals surface area contributed by atoms with E-state index in [-0.39, 0.29) is 5.91 Å². The smallest absolute Gasteiger partial charge is 0.226 e. The molecule has 3 heteroatoms. The molecule has 0 bridgehead atoms. The van der Waals surface area contributed by atoms with E-state index in [1.807, 2.05) is 24.0 Å². The van der Waals surface area contributed by atoms with E-state index in [4.69, 9.17) is 0 Å². The molecule has 0 aliphatic carbocycles. The number of anilines is 1. The van der Waals surface area contributed by atoms with Crippen LogP contribution in [0.2, 0.25) is 0 Å². The Morgan fingerprint density at radius 3 is 3.07 bits per heavy atom. The van der Waals surface area contributed by atoms with Crippen LogP contribution >= 0.6 is 15.9 Å². The van der Waals surface area contributed by atoms with E-state index >= 15 is 0 Å². The average molecular weight is 268 g/mol. The van der Waals surface area contributed by atoms with Gasteiger partial charge in [-0.1, -0.05) is 22.9 Å². The van der Waals surface area contributed by atoms with Crippen molar-refractivity contribution in [3.63, 3.8) is 0 Å². The first-order chi connectivity index (χ1) is 7.22. The maximum atomic E-state index is 11.8. The van der Waals surface area contributed by atoms with Crippen molar-refractivity contribution in [2.24, 2.45) is 0 Å². The van der Waals surface area contributed by atoms with Crippen molar-refractivity contribution < 1.29 is 4.79 Å². The monoisotopic (exact) mass is 267 g/mol. The zero-order valence-electron chi connectivity index (χ0n) is 8.79. The minimum Gasteiger partial charge on any atom is -0.312 e. The summed E-state index contributed by atoms with van der Waals surface area (Å²) in [5.41, 5.74) is 2.37. The van der Waals surface area contributed by atoms with Gasteiger partial charge in [0.05, 0.1) is 0 Å². The summed E-state index contributed by atoms with van der Waals surface area (Å²) in [5.74, 6) is 0.249. The summed E-state index contributed by atoms with van der Waals surface area (Å²) >= 11 is 3.45. The molecule has 1 heterocycles. The number of hydrogen-bond donors (Lipinski definition) is 0. The Labute approximate surface area is 98.4 Å². The van der Waals surface area contributed by atoms with Gasteiger partial charge in [0.1, 0.15) is 0 Å². The second kappa shape index (κ2) is 4.35. The summed E-state index contributed by atoms with van der Waals surface area (Å²) in [6, 6.07) is 6.13. The maximum Gasteiger partial charge on any atom is 0.226 e. The fourth-order valence-electron chi connectivity index (χ4n) is 1.98. The van der Waals surface area contributed by atoms with Gasteiger partial charge in [-0.2, -0.15) is 0 Å². The molecule has 0 spiro atoms. The van der Waals surface area contributed by atoms with Gasteiger partial charge >= 0.3 is 0 Å². The van der Waals surface area contributed by atoms with E-state index in [2.05, 4.69) is 22.0 Å². The number of halogens is 1. The number of carbonyl (C=O) groups is 1. The van der Waals surface area contributed by atoms with Crippen LogP contribution in [0.4, 0.5) is 5.69 Å². The Balaban J connectivity index is 2.25. The number of hydrogen-bond acceptors (Lipinski definition) is 1. The lowest BCUT2D eigenvalue weighted by molar-refractivity contribution is -0.118. The van der Waals surface area contributed by atoms with Gasteiger partial charge in [-0.25, -0.2) is 0 Å². The van der Waals surface area contributed by atoms with E-state index < -0.39 is 0 Å². The third-order valence-electron chi connectivity index (χ3n) is 2.70. The molecule has 0 fully saturated rings. The van der Waals surface area contributed by atoms with E-state index in [9.17, 15) is 4.79 Å². The third-order valence-corrected chi connectivity index (χ3v) is 3.20. The van der Waals surface area contributed by atoms with Crippen molar-refractivity contribution >= 4 is 27.5 Å². The second-order valence-corrected chi connectivity index (χ2v) is 4.73. The lowest BCUT2D eigenvalue weighted by atomic mass is 10.2. The quantitative estimate of drug-likeness (QED) is 0.806. The number of fused-ring (bicyclic) bond motifs is 1. The van der Waals surface area contributed by atoms with Crippen LogP contribution in [0.3, 0.4) is 0 Å². The van der Waals surface area contributed by atoms with Crippen LogP contribution in [-0.4, -0.2) is 12.5 Å². The highest BCUT2D eigenvalue weighted by Gasteiger charge is 2.23. The molecule has 1 aliphatic rings. The first kappa shape index (κ1) is 10.7. The molecule has 0 atom stereocenters. The Morgan fingerprint density at radius 2 is 2.33 bits per heavy atom. The Morgan fingerprint density at radius 1 is 1.53 bits per heavy atom. The first-order valence-corrected chi connectivity index (χ1v) is 6.10. The molecule has 0 saturated carbocycles. The van der Waals surface area contributed by atoms with Crippen LogP contribution in [0.5, 0.6) is 0 Å². The summed E-state index contributed by atoms with van der Waals surface area (Å²) in [5, 5.41) is 0. The van der Waals surface area contributed by atoms with Gasteiger partial charge in [0.25, 0.3) is 0 Å². The Kier molecular flexibility index (Phi) is 3.10.